The van der Waals surface area contributed by atoms with E-state index in [9.17, 15) is 9.90 Å². The van der Waals surface area contributed by atoms with Gasteiger partial charge in [-0.05, 0) is 29.7 Å². The first-order valence-corrected chi connectivity index (χ1v) is 4.27. The van der Waals surface area contributed by atoms with E-state index in [1.807, 2.05) is 0 Å². The van der Waals surface area contributed by atoms with Crippen molar-refractivity contribution >= 4 is 5.97 Å². The van der Waals surface area contributed by atoms with Crippen molar-refractivity contribution in [3.05, 3.63) is 42.0 Å². The molecule has 0 atom stereocenters. The fourth-order valence-electron chi connectivity index (χ4n) is 1.29. The van der Waals surface area contributed by atoms with Gasteiger partial charge in [0.15, 0.2) is 0 Å². The Bertz CT molecular complexity index is 356. The van der Waals surface area contributed by atoms with Crippen molar-refractivity contribution in [2.45, 2.75) is 12.8 Å². The molecule has 2 N–H and O–H groups in total. The Hall–Kier alpha value is -1.77. The van der Waals surface area contributed by atoms with E-state index in [2.05, 4.69) is 6.58 Å². The largest absolute Gasteiger partial charge is 0.508 e. The molecule has 0 bridgehead atoms. The van der Waals surface area contributed by atoms with Gasteiger partial charge in [0.2, 0.25) is 0 Å². The number of carbonyl (C=O) groups is 1. The van der Waals surface area contributed by atoms with Crippen LogP contribution in [0.15, 0.2) is 30.9 Å². The molecule has 0 aliphatic heterocycles. The van der Waals surface area contributed by atoms with Crippen LogP contribution in [0.5, 0.6) is 5.75 Å². The van der Waals surface area contributed by atoms with E-state index in [1.165, 1.54) is 6.07 Å². The van der Waals surface area contributed by atoms with Crippen LogP contribution in [-0.4, -0.2) is 16.2 Å². The number of carboxylic acids is 1. The smallest absolute Gasteiger partial charge is 0.307 e. The van der Waals surface area contributed by atoms with Crippen LogP contribution in [0.1, 0.15) is 11.1 Å². The molecule has 74 valence electrons. The second-order valence-electron chi connectivity index (χ2n) is 3.02. The molecule has 0 saturated heterocycles. The van der Waals surface area contributed by atoms with Gasteiger partial charge in [-0.15, -0.1) is 6.58 Å². The van der Waals surface area contributed by atoms with E-state index in [0.717, 1.165) is 11.1 Å². The number of hydrogen-bond acceptors (Lipinski definition) is 2. The molecule has 0 aliphatic carbocycles. The maximum atomic E-state index is 10.5. The summed E-state index contributed by atoms with van der Waals surface area (Å²) in [5.74, 6) is -0.725. The summed E-state index contributed by atoms with van der Waals surface area (Å²) >= 11 is 0. The predicted molar refractivity (Wildman–Crippen MR) is 53.3 cm³/mol. The molecule has 0 heterocycles. The average Bonchev–Trinajstić information content (AvgIpc) is 2.09. The lowest BCUT2D eigenvalue weighted by atomic mass is 10.0. The number of carboxylic acid groups (broad SMARTS) is 1. The summed E-state index contributed by atoms with van der Waals surface area (Å²) in [6.45, 7) is 3.58. The lowest BCUT2D eigenvalue weighted by molar-refractivity contribution is -0.136. The van der Waals surface area contributed by atoms with E-state index in [1.54, 1.807) is 18.2 Å². The van der Waals surface area contributed by atoms with Crippen molar-refractivity contribution in [3.8, 4) is 5.75 Å². The summed E-state index contributed by atoms with van der Waals surface area (Å²) in [6, 6.07) is 4.69. The Morgan fingerprint density at radius 2 is 2.14 bits per heavy atom. The first-order chi connectivity index (χ1) is 6.63. The highest BCUT2D eigenvalue weighted by Gasteiger charge is 2.06. The lowest BCUT2D eigenvalue weighted by Gasteiger charge is -2.05. The molecular weight excluding hydrogens is 180 g/mol. The minimum Gasteiger partial charge on any atom is -0.508 e. The molecule has 0 unspecified atom stereocenters. The van der Waals surface area contributed by atoms with E-state index < -0.39 is 5.97 Å². The first kappa shape index (κ1) is 10.3. The summed E-state index contributed by atoms with van der Waals surface area (Å²) in [4.78, 5) is 10.5. The van der Waals surface area contributed by atoms with Crippen LogP contribution in [0, 0.1) is 0 Å². The van der Waals surface area contributed by atoms with E-state index in [-0.39, 0.29) is 12.2 Å². The van der Waals surface area contributed by atoms with Gasteiger partial charge >= 0.3 is 5.97 Å². The van der Waals surface area contributed by atoms with Gasteiger partial charge in [-0.3, -0.25) is 4.79 Å². The standard InChI is InChI=1S/C11H12O3/c1-2-3-8-6-10(12)5-4-9(8)7-11(13)14/h2,4-6,12H,1,3,7H2,(H,13,14). The molecule has 1 rings (SSSR count). The molecule has 0 radical (unpaired) electrons. The number of allylic oxidation sites excluding steroid dienone is 1. The van der Waals surface area contributed by atoms with Crippen molar-refractivity contribution in [2.24, 2.45) is 0 Å². The van der Waals surface area contributed by atoms with E-state index in [4.69, 9.17) is 5.11 Å². The highest BCUT2D eigenvalue weighted by molar-refractivity contribution is 5.71. The van der Waals surface area contributed by atoms with Gasteiger partial charge in [0.05, 0.1) is 6.42 Å². The minimum atomic E-state index is -0.874. The number of aliphatic carboxylic acids is 1. The maximum absolute atomic E-state index is 10.5. The summed E-state index contributed by atoms with van der Waals surface area (Å²) in [5.41, 5.74) is 1.53. The van der Waals surface area contributed by atoms with Crippen molar-refractivity contribution in [3.63, 3.8) is 0 Å². The van der Waals surface area contributed by atoms with Gasteiger partial charge in [-0.25, -0.2) is 0 Å². The highest BCUT2D eigenvalue weighted by atomic mass is 16.4. The summed E-state index contributed by atoms with van der Waals surface area (Å²) in [5, 5.41) is 17.9. The number of hydrogen-bond donors (Lipinski definition) is 2. The van der Waals surface area contributed by atoms with Gasteiger partial charge < -0.3 is 10.2 Å². The van der Waals surface area contributed by atoms with Crippen molar-refractivity contribution < 1.29 is 15.0 Å². The predicted octanol–water partition coefficient (Wildman–Crippen LogP) is 1.75. The minimum absolute atomic E-state index is 0.0244. The molecular formula is C11H12O3. The second kappa shape index (κ2) is 4.46. The van der Waals surface area contributed by atoms with Crippen molar-refractivity contribution in [1.29, 1.82) is 0 Å². The fraction of sp³-hybridized carbons (Fsp3) is 0.182. The molecule has 3 nitrogen and oxygen atoms in total. The molecule has 14 heavy (non-hydrogen) atoms. The molecule has 0 aromatic heterocycles. The van der Waals surface area contributed by atoms with Crippen LogP contribution in [0.4, 0.5) is 0 Å². The molecule has 1 aromatic carbocycles. The van der Waals surface area contributed by atoms with Gasteiger partial charge in [0, 0.05) is 0 Å². The molecule has 1 aromatic rings. The third-order valence-electron chi connectivity index (χ3n) is 1.90. The Morgan fingerprint density at radius 3 is 2.71 bits per heavy atom. The zero-order valence-electron chi connectivity index (χ0n) is 7.73. The fourth-order valence-corrected chi connectivity index (χ4v) is 1.29. The summed E-state index contributed by atoms with van der Waals surface area (Å²) in [7, 11) is 0. The van der Waals surface area contributed by atoms with Gasteiger partial charge in [0.25, 0.3) is 0 Å². The number of benzene rings is 1. The van der Waals surface area contributed by atoms with E-state index >= 15 is 0 Å². The maximum Gasteiger partial charge on any atom is 0.307 e. The topological polar surface area (TPSA) is 57.5 Å². The molecule has 0 saturated carbocycles. The van der Waals surface area contributed by atoms with Crippen LogP contribution in [-0.2, 0) is 17.6 Å². The number of rotatable bonds is 4. The van der Waals surface area contributed by atoms with Gasteiger partial charge in [-0.2, -0.15) is 0 Å². The number of aromatic hydroxyl groups is 1. The zero-order valence-corrected chi connectivity index (χ0v) is 7.73. The Balaban J connectivity index is 3.01. The normalized spacial score (nSPS) is 9.71. The first-order valence-electron chi connectivity index (χ1n) is 4.27. The van der Waals surface area contributed by atoms with Crippen LogP contribution in [0.2, 0.25) is 0 Å². The Kier molecular flexibility index (Phi) is 3.29. The molecule has 3 heteroatoms. The summed E-state index contributed by atoms with van der Waals surface area (Å²) < 4.78 is 0. The summed E-state index contributed by atoms with van der Waals surface area (Å²) in [6.07, 6.45) is 2.22. The van der Waals surface area contributed by atoms with Crippen LogP contribution in [0.3, 0.4) is 0 Å². The highest BCUT2D eigenvalue weighted by Crippen LogP contribution is 2.18. The molecule has 0 fully saturated rings. The third kappa shape index (κ3) is 2.62. The van der Waals surface area contributed by atoms with Crippen molar-refractivity contribution in [2.75, 3.05) is 0 Å². The molecule has 0 amide bonds. The van der Waals surface area contributed by atoms with E-state index in [0.29, 0.717) is 6.42 Å². The van der Waals surface area contributed by atoms with Crippen LogP contribution >= 0.6 is 0 Å². The van der Waals surface area contributed by atoms with Crippen LogP contribution < -0.4 is 0 Å². The van der Waals surface area contributed by atoms with Gasteiger partial charge in [-0.1, -0.05) is 12.1 Å². The number of phenols is 1. The van der Waals surface area contributed by atoms with Gasteiger partial charge in [0.1, 0.15) is 5.75 Å². The molecule has 0 aliphatic rings. The van der Waals surface area contributed by atoms with Crippen LogP contribution in [0.25, 0.3) is 0 Å². The Morgan fingerprint density at radius 1 is 1.43 bits per heavy atom. The zero-order chi connectivity index (χ0) is 10.6. The second-order valence-corrected chi connectivity index (χ2v) is 3.02. The quantitative estimate of drug-likeness (QED) is 0.714. The monoisotopic (exact) mass is 192 g/mol. The molecule has 0 spiro atoms. The average molecular weight is 192 g/mol. The third-order valence-corrected chi connectivity index (χ3v) is 1.90. The number of phenolic OH excluding ortho intramolecular Hbond substituents is 1. The Labute approximate surface area is 82.3 Å². The SMILES string of the molecule is C=CCc1cc(O)ccc1CC(=O)O. The van der Waals surface area contributed by atoms with Crippen molar-refractivity contribution in [1.82, 2.24) is 0 Å². The lowest BCUT2D eigenvalue weighted by Crippen LogP contribution is -2.03.